The Morgan fingerprint density at radius 1 is 1.32 bits per heavy atom. The number of hydrogen-bond donors (Lipinski definition) is 1. The number of aromatic nitrogens is 4. The third kappa shape index (κ3) is 3.16. The molecular weight excluding hydrogens is 238 g/mol. The van der Waals surface area contributed by atoms with E-state index < -0.39 is 0 Å². The van der Waals surface area contributed by atoms with E-state index in [0.717, 1.165) is 18.9 Å². The second-order valence-corrected chi connectivity index (χ2v) is 4.98. The molecule has 0 radical (unpaired) electrons. The molecule has 0 aliphatic carbocycles. The molecule has 0 saturated carbocycles. The molecule has 5 heteroatoms. The molecule has 2 aromatic rings. The minimum absolute atomic E-state index is 0.768. The largest absolute Gasteiger partial charge is 0.364 e. The van der Waals surface area contributed by atoms with E-state index in [-0.39, 0.29) is 0 Å². The molecule has 0 spiro atoms. The van der Waals surface area contributed by atoms with Crippen LogP contribution in [0.15, 0.2) is 12.3 Å². The molecule has 0 aliphatic rings. The molecule has 1 N–H and O–H groups in total. The minimum atomic E-state index is 0.768. The van der Waals surface area contributed by atoms with Crippen LogP contribution in [0.1, 0.15) is 36.7 Å². The molecule has 5 nitrogen and oxygen atoms in total. The molecule has 0 aliphatic heterocycles. The second kappa shape index (κ2) is 5.91. The molecule has 0 bridgehead atoms. The zero-order chi connectivity index (χ0) is 13.8. The maximum atomic E-state index is 4.58. The summed E-state index contributed by atoms with van der Waals surface area (Å²) in [6.07, 6.45) is 4.27. The molecule has 2 heterocycles. The predicted molar refractivity (Wildman–Crippen MR) is 77.1 cm³/mol. The van der Waals surface area contributed by atoms with Crippen molar-refractivity contribution in [3.63, 3.8) is 0 Å². The van der Waals surface area contributed by atoms with E-state index in [1.165, 1.54) is 29.8 Å². The molecule has 0 amide bonds. The predicted octanol–water partition coefficient (Wildman–Crippen LogP) is 2.65. The Hall–Kier alpha value is -1.78. The molecule has 104 valence electrons. The molecule has 0 unspecified atom stereocenters. The first-order valence-electron chi connectivity index (χ1n) is 6.87. The first kappa shape index (κ1) is 13.6. The number of hydrogen-bond acceptors (Lipinski definition) is 3. The van der Waals surface area contributed by atoms with Crippen LogP contribution in [0, 0.1) is 13.8 Å². The smallest absolute Gasteiger partial charge is 0.148 e. The monoisotopic (exact) mass is 261 g/mol. The van der Waals surface area contributed by atoms with Gasteiger partial charge in [0.15, 0.2) is 0 Å². The van der Waals surface area contributed by atoms with Crippen LogP contribution in [0.3, 0.4) is 0 Å². The Bertz CT molecular complexity index is 538. The van der Waals surface area contributed by atoms with Gasteiger partial charge in [0.2, 0.25) is 0 Å². The average Bonchev–Trinajstić information content (AvgIpc) is 2.90. The van der Waals surface area contributed by atoms with Gasteiger partial charge < -0.3 is 5.32 Å². The first-order valence-corrected chi connectivity index (χ1v) is 6.87. The van der Waals surface area contributed by atoms with E-state index in [9.17, 15) is 0 Å². The van der Waals surface area contributed by atoms with Gasteiger partial charge in [-0.2, -0.15) is 10.2 Å². The maximum Gasteiger partial charge on any atom is 0.148 e. The van der Waals surface area contributed by atoms with E-state index in [4.69, 9.17) is 0 Å². The molecule has 0 fully saturated rings. The summed E-state index contributed by atoms with van der Waals surface area (Å²) in [7, 11) is 1.96. The summed E-state index contributed by atoms with van der Waals surface area (Å²) in [6, 6.07) is 2.10. The standard InChI is InChI=1S/C14H23N5/c1-5-6-7-19-11(2)8-14(17-19)15-9-13-10-16-18(4)12(13)3/h8,10H,5-7,9H2,1-4H3,(H,15,17). The Morgan fingerprint density at radius 3 is 2.74 bits per heavy atom. The molecule has 0 aromatic carbocycles. The normalized spacial score (nSPS) is 10.9. The number of unbranched alkanes of at least 4 members (excludes halogenated alkanes) is 1. The van der Waals surface area contributed by atoms with Crippen molar-refractivity contribution in [2.75, 3.05) is 5.32 Å². The Balaban J connectivity index is 1.98. The number of aryl methyl sites for hydroxylation is 3. The molecular formula is C14H23N5. The van der Waals surface area contributed by atoms with E-state index >= 15 is 0 Å². The fourth-order valence-electron chi connectivity index (χ4n) is 2.03. The van der Waals surface area contributed by atoms with Crippen LogP contribution in [-0.2, 0) is 20.1 Å². The quantitative estimate of drug-likeness (QED) is 0.869. The fourth-order valence-corrected chi connectivity index (χ4v) is 2.03. The van der Waals surface area contributed by atoms with Crippen LogP contribution in [-0.4, -0.2) is 19.6 Å². The van der Waals surface area contributed by atoms with Crippen LogP contribution in [0.25, 0.3) is 0 Å². The van der Waals surface area contributed by atoms with Crippen molar-refractivity contribution in [3.8, 4) is 0 Å². The van der Waals surface area contributed by atoms with Crippen LogP contribution in [0.4, 0.5) is 5.82 Å². The highest BCUT2D eigenvalue weighted by atomic mass is 15.3. The first-order chi connectivity index (χ1) is 9.11. The lowest BCUT2D eigenvalue weighted by atomic mass is 10.2. The highest BCUT2D eigenvalue weighted by molar-refractivity contribution is 5.37. The van der Waals surface area contributed by atoms with Gasteiger partial charge in [0.05, 0.1) is 6.20 Å². The zero-order valence-corrected chi connectivity index (χ0v) is 12.3. The van der Waals surface area contributed by atoms with Crippen LogP contribution >= 0.6 is 0 Å². The van der Waals surface area contributed by atoms with E-state index in [0.29, 0.717) is 0 Å². The summed E-state index contributed by atoms with van der Waals surface area (Å²) < 4.78 is 3.96. The summed E-state index contributed by atoms with van der Waals surface area (Å²) in [5.41, 5.74) is 3.61. The fraction of sp³-hybridized carbons (Fsp3) is 0.571. The van der Waals surface area contributed by atoms with Crippen molar-refractivity contribution in [2.45, 2.75) is 46.7 Å². The van der Waals surface area contributed by atoms with E-state index in [1.54, 1.807) is 0 Å². The third-order valence-corrected chi connectivity index (χ3v) is 3.50. The molecule has 2 rings (SSSR count). The van der Waals surface area contributed by atoms with Crippen molar-refractivity contribution < 1.29 is 0 Å². The summed E-state index contributed by atoms with van der Waals surface area (Å²) in [5, 5.41) is 12.2. The van der Waals surface area contributed by atoms with Gasteiger partial charge >= 0.3 is 0 Å². The molecule has 0 atom stereocenters. The van der Waals surface area contributed by atoms with Gasteiger partial charge in [0.1, 0.15) is 5.82 Å². The highest BCUT2D eigenvalue weighted by Crippen LogP contribution is 2.12. The molecule has 2 aromatic heterocycles. The van der Waals surface area contributed by atoms with Gasteiger partial charge in [-0.05, 0) is 20.3 Å². The third-order valence-electron chi connectivity index (χ3n) is 3.50. The van der Waals surface area contributed by atoms with Crippen molar-refractivity contribution in [3.05, 3.63) is 29.2 Å². The van der Waals surface area contributed by atoms with Crippen LogP contribution in [0.5, 0.6) is 0 Å². The maximum absolute atomic E-state index is 4.58. The van der Waals surface area contributed by atoms with Gasteiger partial charge in [-0.15, -0.1) is 0 Å². The Kier molecular flexibility index (Phi) is 4.24. The zero-order valence-electron chi connectivity index (χ0n) is 12.3. The van der Waals surface area contributed by atoms with Gasteiger partial charge in [-0.25, -0.2) is 0 Å². The van der Waals surface area contributed by atoms with E-state index in [1.807, 2.05) is 17.9 Å². The summed E-state index contributed by atoms with van der Waals surface area (Å²) in [4.78, 5) is 0. The topological polar surface area (TPSA) is 47.7 Å². The number of rotatable bonds is 6. The second-order valence-electron chi connectivity index (χ2n) is 4.98. The van der Waals surface area contributed by atoms with Gasteiger partial charge in [0.25, 0.3) is 0 Å². The van der Waals surface area contributed by atoms with Gasteiger partial charge in [0, 0.05) is 43.2 Å². The molecule has 19 heavy (non-hydrogen) atoms. The van der Waals surface area contributed by atoms with Crippen molar-refractivity contribution in [1.82, 2.24) is 19.6 Å². The van der Waals surface area contributed by atoms with Crippen molar-refractivity contribution in [1.29, 1.82) is 0 Å². The lowest BCUT2D eigenvalue weighted by Crippen LogP contribution is -2.04. The SMILES string of the molecule is CCCCn1nc(NCc2cnn(C)c2C)cc1C. The van der Waals surface area contributed by atoms with Crippen LogP contribution < -0.4 is 5.32 Å². The lowest BCUT2D eigenvalue weighted by Gasteiger charge is -2.03. The van der Waals surface area contributed by atoms with Gasteiger partial charge in [-0.1, -0.05) is 13.3 Å². The van der Waals surface area contributed by atoms with E-state index in [2.05, 4.69) is 47.0 Å². The minimum Gasteiger partial charge on any atom is -0.364 e. The molecule has 0 saturated heterocycles. The summed E-state index contributed by atoms with van der Waals surface area (Å²) in [6.45, 7) is 8.14. The number of anilines is 1. The van der Waals surface area contributed by atoms with Crippen LogP contribution in [0.2, 0.25) is 0 Å². The Labute approximate surface area is 114 Å². The van der Waals surface area contributed by atoms with Crippen molar-refractivity contribution in [2.24, 2.45) is 7.05 Å². The average molecular weight is 261 g/mol. The number of nitrogens with zero attached hydrogens (tertiary/aromatic N) is 4. The van der Waals surface area contributed by atoms with Gasteiger partial charge in [-0.3, -0.25) is 9.36 Å². The summed E-state index contributed by atoms with van der Waals surface area (Å²) >= 11 is 0. The lowest BCUT2D eigenvalue weighted by molar-refractivity contribution is 0.560. The highest BCUT2D eigenvalue weighted by Gasteiger charge is 2.06. The van der Waals surface area contributed by atoms with Crippen molar-refractivity contribution >= 4 is 5.82 Å². The number of nitrogens with one attached hydrogen (secondary N) is 1. The Morgan fingerprint density at radius 2 is 2.11 bits per heavy atom. The summed E-state index contributed by atoms with van der Waals surface area (Å²) in [5.74, 6) is 0.942.